The molecule has 0 saturated carbocycles. The number of aromatic nitrogens is 2. The van der Waals surface area contributed by atoms with Gasteiger partial charge in [0, 0.05) is 38.1 Å². The van der Waals surface area contributed by atoms with Crippen LogP contribution in [0.4, 0.5) is 0 Å². The van der Waals surface area contributed by atoms with Crippen LogP contribution in [0.1, 0.15) is 18.2 Å². The van der Waals surface area contributed by atoms with Gasteiger partial charge in [0.15, 0.2) is 0 Å². The monoisotopic (exact) mass is 291 g/mol. The lowest BCUT2D eigenvalue weighted by Crippen LogP contribution is -2.46. The minimum atomic E-state index is 0.103. The molecule has 1 fully saturated rings. The van der Waals surface area contributed by atoms with Gasteiger partial charge >= 0.3 is 0 Å². The maximum Gasteiger partial charge on any atom is 0.131 e. The maximum atomic E-state index is 6.26. The number of ether oxygens (including phenoxy) is 1. The van der Waals surface area contributed by atoms with E-state index in [9.17, 15) is 0 Å². The number of nitrogens with zero attached hydrogens (tertiary/aromatic N) is 3. The van der Waals surface area contributed by atoms with Crippen LogP contribution in [0.3, 0.4) is 0 Å². The molecule has 0 aliphatic carbocycles. The van der Waals surface area contributed by atoms with Gasteiger partial charge in [-0.3, -0.25) is 9.58 Å². The number of aryl methyl sites for hydroxylation is 2. The Bertz CT molecular complexity index is 422. The van der Waals surface area contributed by atoms with Gasteiger partial charge in [0.1, 0.15) is 5.15 Å². The zero-order valence-corrected chi connectivity index (χ0v) is 12.5. The molecule has 2 heterocycles. The van der Waals surface area contributed by atoms with E-state index in [0.717, 1.165) is 30.9 Å². The predicted octanol–water partition coefficient (Wildman–Crippen LogP) is 2.21. The molecule has 2 unspecified atom stereocenters. The maximum absolute atomic E-state index is 6.26. The van der Waals surface area contributed by atoms with Gasteiger partial charge in [0.25, 0.3) is 0 Å². The number of alkyl halides is 1. The lowest BCUT2D eigenvalue weighted by atomic mass is 10.2. The second-order valence-corrected chi connectivity index (χ2v) is 5.56. The standard InChI is InChI=1S/C12H19Cl2N3O/c1-8-5-17(6-10(4-13)18-8)7-11-9(2)15-16(3)12(11)14/h8,10H,4-7H2,1-3H3. The van der Waals surface area contributed by atoms with E-state index in [1.54, 1.807) is 4.68 Å². The zero-order valence-electron chi connectivity index (χ0n) is 11.0. The molecule has 2 atom stereocenters. The SMILES string of the molecule is Cc1nn(C)c(Cl)c1CN1CC(C)OC(CCl)C1. The largest absolute Gasteiger partial charge is 0.371 e. The average molecular weight is 292 g/mol. The molecule has 0 bridgehead atoms. The second kappa shape index (κ2) is 5.78. The summed E-state index contributed by atoms with van der Waals surface area (Å²) < 4.78 is 7.46. The van der Waals surface area contributed by atoms with Crippen molar-refractivity contribution in [1.82, 2.24) is 14.7 Å². The molecule has 1 aliphatic heterocycles. The van der Waals surface area contributed by atoms with Crippen molar-refractivity contribution in [2.75, 3.05) is 19.0 Å². The van der Waals surface area contributed by atoms with E-state index in [1.807, 2.05) is 14.0 Å². The summed E-state index contributed by atoms with van der Waals surface area (Å²) in [7, 11) is 1.86. The van der Waals surface area contributed by atoms with Crippen LogP contribution in [0.5, 0.6) is 0 Å². The van der Waals surface area contributed by atoms with Crippen molar-refractivity contribution >= 4 is 23.2 Å². The number of hydrogen-bond donors (Lipinski definition) is 0. The molecule has 102 valence electrons. The fraction of sp³-hybridized carbons (Fsp3) is 0.750. The fourth-order valence-electron chi connectivity index (χ4n) is 2.43. The van der Waals surface area contributed by atoms with Crippen molar-refractivity contribution in [2.45, 2.75) is 32.6 Å². The number of halogens is 2. The minimum absolute atomic E-state index is 0.103. The average Bonchev–Trinajstić information content (AvgIpc) is 2.55. The molecule has 6 heteroatoms. The smallest absolute Gasteiger partial charge is 0.131 e. The lowest BCUT2D eigenvalue weighted by molar-refractivity contribution is -0.0689. The number of morpholine rings is 1. The van der Waals surface area contributed by atoms with E-state index in [0.29, 0.717) is 11.0 Å². The Morgan fingerprint density at radius 2 is 2.17 bits per heavy atom. The molecule has 1 aromatic heterocycles. The van der Waals surface area contributed by atoms with Gasteiger partial charge < -0.3 is 4.74 Å². The lowest BCUT2D eigenvalue weighted by Gasteiger charge is -2.36. The molecule has 2 rings (SSSR count). The third-order valence-corrected chi connectivity index (χ3v) is 4.04. The second-order valence-electron chi connectivity index (χ2n) is 4.90. The Kier molecular flexibility index (Phi) is 4.54. The third-order valence-electron chi connectivity index (χ3n) is 3.23. The summed E-state index contributed by atoms with van der Waals surface area (Å²) in [5, 5.41) is 5.05. The van der Waals surface area contributed by atoms with Gasteiger partial charge in [0.2, 0.25) is 0 Å². The Labute approximate surface area is 118 Å². The molecule has 4 nitrogen and oxygen atoms in total. The summed E-state index contributed by atoms with van der Waals surface area (Å²) in [6.07, 6.45) is 0.310. The van der Waals surface area contributed by atoms with E-state index in [2.05, 4.69) is 16.9 Å². The molecule has 0 radical (unpaired) electrons. The van der Waals surface area contributed by atoms with Crippen LogP contribution in [0.25, 0.3) is 0 Å². The van der Waals surface area contributed by atoms with E-state index < -0.39 is 0 Å². The molecule has 0 amide bonds. The normalized spacial score (nSPS) is 25.6. The van der Waals surface area contributed by atoms with Crippen LogP contribution in [0.2, 0.25) is 5.15 Å². The van der Waals surface area contributed by atoms with Gasteiger partial charge in [0.05, 0.1) is 17.9 Å². The Balaban J connectivity index is 2.08. The van der Waals surface area contributed by atoms with Crippen molar-refractivity contribution in [3.05, 3.63) is 16.4 Å². The van der Waals surface area contributed by atoms with Gasteiger partial charge in [-0.05, 0) is 13.8 Å². The third kappa shape index (κ3) is 2.99. The highest BCUT2D eigenvalue weighted by molar-refractivity contribution is 6.30. The summed E-state index contributed by atoms with van der Waals surface area (Å²) in [6, 6.07) is 0. The number of rotatable bonds is 3. The number of hydrogen-bond acceptors (Lipinski definition) is 3. The highest BCUT2D eigenvalue weighted by Crippen LogP contribution is 2.22. The van der Waals surface area contributed by atoms with Crippen LogP contribution < -0.4 is 0 Å². The van der Waals surface area contributed by atoms with E-state index >= 15 is 0 Å². The predicted molar refractivity (Wildman–Crippen MR) is 73.3 cm³/mol. The van der Waals surface area contributed by atoms with Crippen LogP contribution in [-0.2, 0) is 18.3 Å². The highest BCUT2D eigenvalue weighted by Gasteiger charge is 2.26. The van der Waals surface area contributed by atoms with E-state index in [4.69, 9.17) is 27.9 Å². The summed E-state index contributed by atoms with van der Waals surface area (Å²) >= 11 is 12.1. The van der Waals surface area contributed by atoms with Crippen LogP contribution >= 0.6 is 23.2 Å². The van der Waals surface area contributed by atoms with Crippen molar-refractivity contribution in [3.63, 3.8) is 0 Å². The first kappa shape index (κ1) is 14.1. The first-order chi connectivity index (χ1) is 8.51. The Hall–Kier alpha value is -0.290. The van der Waals surface area contributed by atoms with Gasteiger partial charge in [-0.25, -0.2) is 0 Å². The topological polar surface area (TPSA) is 30.3 Å². The molecule has 1 saturated heterocycles. The summed E-state index contributed by atoms with van der Waals surface area (Å²) in [6.45, 7) is 6.61. The van der Waals surface area contributed by atoms with E-state index in [-0.39, 0.29) is 12.2 Å². The van der Waals surface area contributed by atoms with E-state index in [1.165, 1.54) is 0 Å². The van der Waals surface area contributed by atoms with Gasteiger partial charge in [-0.15, -0.1) is 11.6 Å². The Morgan fingerprint density at radius 3 is 2.72 bits per heavy atom. The molecule has 18 heavy (non-hydrogen) atoms. The quantitative estimate of drug-likeness (QED) is 0.800. The molecule has 0 aromatic carbocycles. The van der Waals surface area contributed by atoms with Crippen molar-refractivity contribution < 1.29 is 4.74 Å². The molecule has 1 aliphatic rings. The molecule has 0 N–H and O–H groups in total. The van der Waals surface area contributed by atoms with Crippen molar-refractivity contribution in [3.8, 4) is 0 Å². The molecule has 1 aromatic rings. The van der Waals surface area contributed by atoms with Crippen molar-refractivity contribution in [2.24, 2.45) is 7.05 Å². The summed E-state index contributed by atoms with van der Waals surface area (Å²) in [4.78, 5) is 2.33. The summed E-state index contributed by atoms with van der Waals surface area (Å²) in [5.74, 6) is 0.528. The zero-order chi connectivity index (χ0) is 13.3. The molecular formula is C12H19Cl2N3O. The van der Waals surface area contributed by atoms with Gasteiger partial charge in [-0.1, -0.05) is 11.6 Å². The Morgan fingerprint density at radius 1 is 1.44 bits per heavy atom. The van der Waals surface area contributed by atoms with Gasteiger partial charge in [-0.2, -0.15) is 5.10 Å². The fourth-order valence-corrected chi connectivity index (χ4v) is 2.84. The minimum Gasteiger partial charge on any atom is -0.371 e. The van der Waals surface area contributed by atoms with Crippen molar-refractivity contribution in [1.29, 1.82) is 0 Å². The van der Waals surface area contributed by atoms with Crippen LogP contribution in [0, 0.1) is 6.92 Å². The first-order valence-electron chi connectivity index (χ1n) is 6.13. The molecular weight excluding hydrogens is 273 g/mol. The highest BCUT2D eigenvalue weighted by atomic mass is 35.5. The van der Waals surface area contributed by atoms with Crippen LogP contribution in [0.15, 0.2) is 0 Å². The van der Waals surface area contributed by atoms with Crippen LogP contribution in [-0.4, -0.2) is 45.9 Å². The summed E-state index contributed by atoms with van der Waals surface area (Å²) in [5.41, 5.74) is 2.09. The first-order valence-corrected chi connectivity index (χ1v) is 7.04. The molecule has 0 spiro atoms.